The quantitative estimate of drug-likeness (QED) is 0.700. The predicted octanol–water partition coefficient (Wildman–Crippen LogP) is 2.45. The molecule has 7 nitrogen and oxygen atoms in total. The Morgan fingerprint density at radius 3 is 2.63 bits per heavy atom. The van der Waals surface area contributed by atoms with Crippen molar-refractivity contribution in [1.82, 2.24) is 19.6 Å². The normalized spacial score (nSPS) is 18.5. The van der Waals surface area contributed by atoms with Gasteiger partial charge in [-0.3, -0.25) is 9.69 Å². The molecule has 1 N–H and O–H groups in total. The Kier molecular flexibility index (Phi) is 7.54. The summed E-state index contributed by atoms with van der Waals surface area (Å²) in [7, 11) is 0. The van der Waals surface area contributed by atoms with Crippen LogP contribution in [0.3, 0.4) is 0 Å². The van der Waals surface area contributed by atoms with Crippen LogP contribution in [-0.2, 0) is 16.0 Å². The number of carbonyl (C=O) groups excluding carboxylic acids is 1. The molecule has 0 aliphatic carbocycles. The van der Waals surface area contributed by atoms with Crippen LogP contribution in [0, 0.1) is 5.92 Å². The lowest BCUT2D eigenvalue weighted by atomic mass is 9.96. The van der Waals surface area contributed by atoms with Crippen molar-refractivity contribution in [3.05, 3.63) is 40.7 Å². The summed E-state index contributed by atoms with van der Waals surface area (Å²) in [6.45, 7) is 6.79. The zero-order valence-electron chi connectivity index (χ0n) is 17.1. The van der Waals surface area contributed by atoms with E-state index in [0.717, 1.165) is 80.3 Å². The first-order chi connectivity index (χ1) is 14.7. The fraction of sp³-hybridized carbons (Fsp3) is 0.571. The Balaban J connectivity index is 1.20. The molecule has 0 saturated carbocycles. The van der Waals surface area contributed by atoms with Crippen LogP contribution in [0.4, 0.5) is 5.13 Å². The summed E-state index contributed by atoms with van der Waals surface area (Å²) in [5.74, 6) is 1.11. The number of piperidine rings is 1. The summed E-state index contributed by atoms with van der Waals surface area (Å²) in [5.41, 5.74) is 1.15. The predicted molar refractivity (Wildman–Crippen MR) is 119 cm³/mol. The molecular weight excluding hydrogens is 422 g/mol. The number of ether oxygens (including phenoxy) is 1. The molecule has 4 rings (SSSR count). The largest absolute Gasteiger partial charge is 0.379 e. The average molecular weight is 450 g/mol. The Hall–Kier alpha value is -1.74. The monoisotopic (exact) mass is 449 g/mol. The molecule has 0 atom stereocenters. The second-order valence-electron chi connectivity index (χ2n) is 7.80. The van der Waals surface area contributed by atoms with Crippen LogP contribution in [0.5, 0.6) is 0 Å². The first-order valence-corrected chi connectivity index (χ1v) is 11.7. The third-order valence-electron chi connectivity index (χ3n) is 5.70. The van der Waals surface area contributed by atoms with E-state index in [1.54, 1.807) is 0 Å². The van der Waals surface area contributed by atoms with Gasteiger partial charge in [-0.2, -0.15) is 4.37 Å². The highest BCUT2D eigenvalue weighted by Crippen LogP contribution is 2.25. The van der Waals surface area contributed by atoms with Crippen molar-refractivity contribution in [2.24, 2.45) is 5.92 Å². The lowest BCUT2D eigenvalue weighted by Gasteiger charge is -2.31. The Bertz CT molecular complexity index is 817. The Morgan fingerprint density at radius 1 is 1.17 bits per heavy atom. The van der Waals surface area contributed by atoms with E-state index in [2.05, 4.69) is 19.5 Å². The molecule has 2 aromatic rings. The number of rotatable bonds is 7. The number of benzene rings is 1. The molecule has 162 valence electrons. The van der Waals surface area contributed by atoms with E-state index in [1.807, 2.05) is 24.3 Å². The number of morpholine rings is 1. The first kappa shape index (κ1) is 21.5. The van der Waals surface area contributed by atoms with Gasteiger partial charge in [-0.1, -0.05) is 23.7 Å². The molecule has 2 aliphatic rings. The molecule has 0 bridgehead atoms. The van der Waals surface area contributed by atoms with E-state index in [4.69, 9.17) is 21.3 Å². The standard InChI is InChI=1S/C21H28ClN5O2S/c22-18-3-1-16(2-4-18)15-19-24-21(30-25-19)27-8-5-17(6-9-27)20(28)23-7-10-26-11-13-29-14-12-26/h1-4,17H,5-15H2,(H,23,28). The highest BCUT2D eigenvalue weighted by Gasteiger charge is 2.26. The molecule has 2 fully saturated rings. The maximum absolute atomic E-state index is 12.5. The van der Waals surface area contributed by atoms with Crippen LogP contribution < -0.4 is 10.2 Å². The van der Waals surface area contributed by atoms with Gasteiger partial charge in [0.25, 0.3) is 0 Å². The van der Waals surface area contributed by atoms with Crippen molar-refractivity contribution in [2.45, 2.75) is 19.3 Å². The number of amides is 1. The van der Waals surface area contributed by atoms with Crippen molar-refractivity contribution < 1.29 is 9.53 Å². The van der Waals surface area contributed by atoms with Gasteiger partial charge in [0.1, 0.15) is 5.82 Å². The molecule has 0 spiro atoms. The van der Waals surface area contributed by atoms with Crippen LogP contribution in [0.2, 0.25) is 5.02 Å². The zero-order valence-corrected chi connectivity index (χ0v) is 18.6. The number of anilines is 1. The van der Waals surface area contributed by atoms with Crippen molar-refractivity contribution in [3.63, 3.8) is 0 Å². The molecule has 30 heavy (non-hydrogen) atoms. The number of carbonyl (C=O) groups is 1. The minimum absolute atomic E-state index is 0.0902. The summed E-state index contributed by atoms with van der Waals surface area (Å²) in [4.78, 5) is 21.8. The van der Waals surface area contributed by atoms with Gasteiger partial charge in [0.15, 0.2) is 0 Å². The lowest BCUT2D eigenvalue weighted by molar-refractivity contribution is -0.125. The maximum atomic E-state index is 12.5. The van der Waals surface area contributed by atoms with Crippen LogP contribution in [0.25, 0.3) is 0 Å². The van der Waals surface area contributed by atoms with Crippen LogP contribution in [0.15, 0.2) is 24.3 Å². The number of nitrogens with one attached hydrogen (secondary N) is 1. The summed E-state index contributed by atoms with van der Waals surface area (Å²) < 4.78 is 9.87. The molecule has 1 aromatic heterocycles. The van der Waals surface area contributed by atoms with Gasteiger partial charge in [0.2, 0.25) is 11.0 Å². The van der Waals surface area contributed by atoms with E-state index in [0.29, 0.717) is 13.0 Å². The molecule has 1 aromatic carbocycles. The fourth-order valence-electron chi connectivity index (χ4n) is 3.87. The van der Waals surface area contributed by atoms with E-state index in [9.17, 15) is 4.79 Å². The van der Waals surface area contributed by atoms with Crippen molar-refractivity contribution in [3.8, 4) is 0 Å². The van der Waals surface area contributed by atoms with E-state index in [-0.39, 0.29) is 11.8 Å². The summed E-state index contributed by atoms with van der Waals surface area (Å²) >= 11 is 7.39. The number of halogens is 1. The number of aromatic nitrogens is 2. The zero-order chi connectivity index (χ0) is 20.8. The number of nitrogens with zero attached hydrogens (tertiary/aromatic N) is 4. The van der Waals surface area contributed by atoms with E-state index < -0.39 is 0 Å². The molecule has 9 heteroatoms. The van der Waals surface area contributed by atoms with Gasteiger partial charge in [-0.15, -0.1) is 0 Å². The lowest BCUT2D eigenvalue weighted by Crippen LogP contribution is -2.44. The topological polar surface area (TPSA) is 70.6 Å². The highest BCUT2D eigenvalue weighted by atomic mass is 35.5. The van der Waals surface area contributed by atoms with Crippen LogP contribution in [0.1, 0.15) is 24.2 Å². The second kappa shape index (κ2) is 10.5. The number of hydrogen-bond donors (Lipinski definition) is 1. The molecule has 0 unspecified atom stereocenters. The minimum Gasteiger partial charge on any atom is -0.379 e. The molecule has 0 radical (unpaired) electrons. The third-order valence-corrected chi connectivity index (χ3v) is 6.77. The first-order valence-electron chi connectivity index (χ1n) is 10.6. The van der Waals surface area contributed by atoms with Crippen molar-refractivity contribution in [1.29, 1.82) is 0 Å². The summed E-state index contributed by atoms with van der Waals surface area (Å²) in [6, 6.07) is 7.79. The van der Waals surface area contributed by atoms with Gasteiger partial charge in [-0.05, 0) is 30.5 Å². The average Bonchev–Trinajstić information content (AvgIpc) is 3.25. The summed E-state index contributed by atoms with van der Waals surface area (Å²) in [6.07, 6.45) is 2.42. The molecular formula is C21H28ClN5O2S. The molecule has 2 saturated heterocycles. The van der Waals surface area contributed by atoms with Crippen molar-refractivity contribution >= 4 is 34.2 Å². The van der Waals surface area contributed by atoms with E-state index in [1.165, 1.54) is 11.5 Å². The smallest absolute Gasteiger partial charge is 0.223 e. The number of hydrogen-bond acceptors (Lipinski definition) is 7. The molecule has 1 amide bonds. The Morgan fingerprint density at radius 2 is 1.90 bits per heavy atom. The van der Waals surface area contributed by atoms with Gasteiger partial charge in [-0.25, -0.2) is 4.98 Å². The summed E-state index contributed by atoms with van der Waals surface area (Å²) in [5, 5.41) is 4.80. The highest BCUT2D eigenvalue weighted by molar-refractivity contribution is 7.09. The SMILES string of the molecule is O=C(NCCN1CCOCC1)C1CCN(c2nc(Cc3ccc(Cl)cc3)ns2)CC1. The van der Waals surface area contributed by atoms with Crippen LogP contribution >= 0.6 is 23.1 Å². The Labute approximate surface area is 186 Å². The van der Waals surface area contributed by atoms with Gasteiger partial charge in [0, 0.05) is 68.2 Å². The molecule has 3 heterocycles. The fourth-order valence-corrected chi connectivity index (χ4v) is 4.73. The molecule has 2 aliphatic heterocycles. The van der Waals surface area contributed by atoms with Gasteiger partial charge >= 0.3 is 0 Å². The second-order valence-corrected chi connectivity index (χ2v) is 8.97. The third kappa shape index (κ3) is 5.91. The van der Waals surface area contributed by atoms with Gasteiger partial charge < -0.3 is 15.0 Å². The maximum Gasteiger partial charge on any atom is 0.223 e. The van der Waals surface area contributed by atoms with E-state index >= 15 is 0 Å². The van der Waals surface area contributed by atoms with Crippen molar-refractivity contribution in [2.75, 3.05) is 57.4 Å². The van der Waals surface area contributed by atoms with Gasteiger partial charge in [0.05, 0.1) is 13.2 Å². The van der Waals surface area contributed by atoms with Crippen LogP contribution in [-0.4, -0.2) is 72.6 Å². The minimum atomic E-state index is 0.0902.